The first-order chi connectivity index (χ1) is 14.5. The van der Waals surface area contributed by atoms with Gasteiger partial charge in [-0.15, -0.1) is 0 Å². The molecule has 0 aromatic heterocycles. The summed E-state index contributed by atoms with van der Waals surface area (Å²) in [6.45, 7) is 4.55. The third-order valence-corrected chi connectivity index (χ3v) is 5.20. The van der Waals surface area contributed by atoms with Gasteiger partial charge >= 0.3 is 6.03 Å². The Morgan fingerprint density at radius 1 is 0.867 bits per heavy atom. The summed E-state index contributed by atoms with van der Waals surface area (Å²) < 4.78 is 0. The number of hydrogen-bond donors (Lipinski definition) is 2. The van der Waals surface area contributed by atoms with Gasteiger partial charge in [-0.3, -0.25) is 4.79 Å². The van der Waals surface area contributed by atoms with Crippen molar-refractivity contribution >= 4 is 29.0 Å². The van der Waals surface area contributed by atoms with Gasteiger partial charge in [-0.1, -0.05) is 36.4 Å². The fourth-order valence-electron chi connectivity index (χ4n) is 3.92. The summed E-state index contributed by atoms with van der Waals surface area (Å²) in [5, 5.41) is 5.79. The molecule has 3 aromatic carbocycles. The van der Waals surface area contributed by atoms with E-state index >= 15 is 0 Å². The zero-order valence-electron chi connectivity index (χ0n) is 17.2. The summed E-state index contributed by atoms with van der Waals surface area (Å²) in [6.07, 6.45) is 1.14. The average Bonchev–Trinajstić information content (AvgIpc) is 2.70. The number of nitrogens with one attached hydrogen (secondary N) is 2. The summed E-state index contributed by atoms with van der Waals surface area (Å²) in [5.74, 6) is 0.125. The number of amides is 3. The van der Waals surface area contributed by atoms with Gasteiger partial charge in [0.05, 0.1) is 6.54 Å². The van der Waals surface area contributed by atoms with Crippen molar-refractivity contribution < 1.29 is 9.59 Å². The Labute approximate surface area is 176 Å². The molecule has 0 atom stereocenters. The number of benzene rings is 3. The van der Waals surface area contributed by atoms with E-state index in [0.29, 0.717) is 25.1 Å². The number of aryl methyl sites for hydroxylation is 3. The Kier molecular flexibility index (Phi) is 5.53. The van der Waals surface area contributed by atoms with E-state index in [0.717, 1.165) is 33.6 Å². The molecule has 0 fully saturated rings. The minimum absolute atomic E-state index is 0.125. The lowest BCUT2D eigenvalue weighted by Crippen LogP contribution is -2.34. The van der Waals surface area contributed by atoms with Crippen molar-refractivity contribution in [1.82, 2.24) is 0 Å². The van der Waals surface area contributed by atoms with Crippen molar-refractivity contribution in [2.75, 3.05) is 15.5 Å². The van der Waals surface area contributed by atoms with E-state index in [1.165, 1.54) is 0 Å². The topological polar surface area (TPSA) is 61.4 Å². The van der Waals surface area contributed by atoms with Crippen molar-refractivity contribution in [2.45, 2.75) is 33.2 Å². The molecule has 0 unspecified atom stereocenters. The van der Waals surface area contributed by atoms with Gasteiger partial charge in [-0.25, -0.2) is 4.79 Å². The van der Waals surface area contributed by atoms with Crippen LogP contribution in [0.4, 0.5) is 21.9 Å². The highest BCUT2D eigenvalue weighted by Crippen LogP contribution is 2.31. The fourth-order valence-corrected chi connectivity index (χ4v) is 3.92. The number of anilines is 3. The number of fused-ring (bicyclic) bond motifs is 1. The Hall–Kier alpha value is -3.60. The van der Waals surface area contributed by atoms with Crippen LogP contribution in [-0.4, -0.2) is 11.9 Å². The third-order valence-electron chi connectivity index (χ3n) is 5.20. The highest BCUT2D eigenvalue weighted by atomic mass is 16.2. The second kappa shape index (κ2) is 8.41. The Morgan fingerprint density at radius 2 is 1.57 bits per heavy atom. The van der Waals surface area contributed by atoms with Gasteiger partial charge in [0.1, 0.15) is 0 Å². The third kappa shape index (κ3) is 4.51. The molecule has 0 spiro atoms. The van der Waals surface area contributed by atoms with Gasteiger partial charge in [0, 0.05) is 23.5 Å². The second-order valence-electron chi connectivity index (χ2n) is 7.76. The summed E-state index contributed by atoms with van der Waals surface area (Å²) in [5.41, 5.74) is 6.75. The Bertz CT molecular complexity index is 1070. The zero-order chi connectivity index (χ0) is 21.1. The predicted molar refractivity (Wildman–Crippen MR) is 121 cm³/mol. The van der Waals surface area contributed by atoms with Crippen LogP contribution in [0.25, 0.3) is 0 Å². The first kappa shape index (κ1) is 19.7. The molecule has 0 bridgehead atoms. The van der Waals surface area contributed by atoms with Gasteiger partial charge in [-0.05, 0) is 72.9 Å². The lowest BCUT2D eigenvalue weighted by molar-refractivity contribution is -0.119. The molecule has 0 saturated heterocycles. The first-order valence-corrected chi connectivity index (χ1v) is 10.1. The van der Waals surface area contributed by atoms with Gasteiger partial charge in [0.15, 0.2) is 0 Å². The SMILES string of the molecule is Cc1cc(C)cc(NC(=O)Nc2ccc3c(c2)CCC(=O)N3Cc2ccccc2)c1. The van der Waals surface area contributed by atoms with Crippen LogP contribution >= 0.6 is 0 Å². The quantitative estimate of drug-likeness (QED) is 0.615. The number of urea groups is 1. The first-order valence-electron chi connectivity index (χ1n) is 10.1. The molecule has 30 heavy (non-hydrogen) atoms. The molecule has 1 aliphatic rings. The summed E-state index contributed by atoms with van der Waals surface area (Å²) >= 11 is 0. The number of hydrogen-bond acceptors (Lipinski definition) is 2. The predicted octanol–water partition coefficient (Wildman–Crippen LogP) is 5.43. The molecule has 5 heteroatoms. The van der Waals surface area contributed by atoms with Crippen molar-refractivity contribution in [2.24, 2.45) is 0 Å². The molecule has 0 saturated carbocycles. The monoisotopic (exact) mass is 399 g/mol. The van der Waals surface area contributed by atoms with E-state index in [1.807, 2.05) is 79.4 Å². The number of carbonyl (C=O) groups excluding carboxylic acids is 2. The molecule has 0 aliphatic carbocycles. The highest BCUT2D eigenvalue weighted by Gasteiger charge is 2.24. The van der Waals surface area contributed by atoms with E-state index in [2.05, 4.69) is 16.7 Å². The molecule has 5 nitrogen and oxygen atoms in total. The van der Waals surface area contributed by atoms with Crippen LogP contribution in [-0.2, 0) is 17.8 Å². The van der Waals surface area contributed by atoms with Crippen LogP contribution in [0.5, 0.6) is 0 Å². The summed E-state index contributed by atoms with van der Waals surface area (Å²) in [6, 6.07) is 21.3. The molecule has 3 amide bonds. The van der Waals surface area contributed by atoms with Crippen molar-refractivity contribution in [3.05, 3.63) is 89.0 Å². The van der Waals surface area contributed by atoms with E-state index in [1.54, 1.807) is 0 Å². The second-order valence-corrected chi connectivity index (χ2v) is 7.76. The molecule has 0 radical (unpaired) electrons. The van der Waals surface area contributed by atoms with Gasteiger partial charge in [0.25, 0.3) is 0 Å². The van der Waals surface area contributed by atoms with Crippen molar-refractivity contribution in [3.63, 3.8) is 0 Å². The van der Waals surface area contributed by atoms with E-state index in [-0.39, 0.29) is 11.9 Å². The van der Waals surface area contributed by atoms with Crippen LogP contribution in [0.3, 0.4) is 0 Å². The van der Waals surface area contributed by atoms with Crippen LogP contribution in [0.1, 0.15) is 28.7 Å². The van der Waals surface area contributed by atoms with Crippen molar-refractivity contribution in [1.29, 1.82) is 0 Å². The lowest BCUT2D eigenvalue weighted by Gasteiger charge is -2.30. The molecular formula is C25H25N3O2. The maximum Gasteiger partial charge on any atom is 0.323 e. The number of nitrogens with zero attached hydrogens (tertiary/aromatic N) is 1. The molecule has 1 aliphatic heterocycles. The molecule has 2 N–H and O–H groups in total. The average molecular weight is 399 g/mol. The molecule has 1 heterocycles. The standard InChI is InChI=1S/C25H25N3O2/c1-17-12-18(2)14-22(13-17)27-25(30)26-21-9-10-23-20(15-21)8-11-24(29)28(23)16-19-6-4-3-5-7-19/h3-7,9-10,12-15H,8,11,16H2,1-2H3,(H2,26,27,30). The van der Waals surface area contributed by atoms with E-state index in [4.69, 9.17) is 0 Å². The smallest absolute Gasteiger partial charge is 0.308 e. The largest absolute Gasteiger partial charge is 0.323 e. The van der Waals surface area contributed by atoms with Gasteiger partial charge < -0.3 is 15.5 Å². The molecule has 3 aromatic rings. The molecular weight excluding hydrogens is 374 g/mol. The Morgan fingerprint density at radius 3 is 2.30 bits per heavy atom. The van der Waals surface area contributed by atoms with Crippen LogP contribution in [0.15, 0.2) is 66.7 Å². The van der Waals surface area contributed by atoms with Gasteiger partial charge in [-0.2, -0.15) is 0 Å². The summed E-state index contributed by atoms with van der Waals surface area (Å²) in [4.78, 5) is 26.8. The van der Waals surface area contributed by atoms with Gasteiger partial charge in [0.2, 0.25) is 5.91 Å². The molecule has 4 rings (SSSR count). The lowest BCUT2D eigenvalue weighted by atomic mass is 9.99. The van der Waals surface area contributed by atoms with E-state index < -0.39 is 0 Å². The Balaban J connectivity index is 1.49. The molecule has 152 valence electrons. The fraction of sp³-hybridized carbons (Fsp3) is 0.200. The number of carbonyl (C=O) groups is 2. The van der Waals surface area contributed by atoms with Crippen LogP contribution in [0, 0.1) is 13.8 Å². The van der Waals surface area contributed by atoms with Crippen LogP contribution < -0.4 is 15.5 Å². The maximum absolute atomic E-state index is 12.5. The number of rotatable bonds is 4. The summed E-state index contributed by atoms with van der Waals surface area (Å²) in [7, 11) is 0. The highest BCUT2D eigenvalue weighted by molar-refractivity contribution is 6.01. The zero-order valence-corrected chi connectivity index (χ0v) is 17.2. The minimum atomic E-state index is -0.284. The maximum atomic E-state index is 12.5. The van der Waals surface area contributed by atoms with E-state index in [9.17, 15) is 9.59 Å². The normalized spacial score (nSPS) is 13.0. The minimum Gasteiger partial charge on any atom is -0.308 e. The van der Waals surface area contributed by atoms with Crippen LogP contribution in [0.2, 0.25) is 0 Å². The van der Waals surface area contributed by atoms with Crippen molar-refractivity contribution in [3.8, 4) is 0 Å².